The van der Waals surface area contributed by atoms with Crippen molar-refractivity contribution in [2.75, 3.05) is 0 Å². The van der Waals surface area contributed by atoms with Crippen molar-refractivity contribution >= 4 is 60.9 Å². The molecule has 0 saturated heterocycles. The van der Waals surface area contributed by atoms with E-state index in [-0.39, 0.29) is 0 Å². The third-order valence-electron chi connectivity index (χ3n) is 5.08. The third-order valence-corrected chi connectivity index (χ3v) is 5.95. The Morgan fingerprint density at radius 2 is 1.26 bits per heavy atom. The minimum Gasteiger partial charge on any atom is -0.0974 e. The SMILES string of the molecule is C1=Cc2ccc3c4cccc5cccc(c6ccc(c2c36)S1)c54. The molecule has 5 aromatic rings. The molecule has 0 bridgehead atoms. The highest BCUT2D eigenvalue weighted by Crippen LogP contribution is 2.45. The molecule has 106 valence electrons. The molecular weight excluding hydrogens is 296 g/mol. The maximum absolute atomic E-state index is 2.31. The summed E-state index contributed by atoms with van der Waals surface area (Å²) in [7, 11) is 0. The Balaban J connectivity index is 2.07. The van der Waals surface area contributed by atoms with Crippen LogP contribution in [0, 0.1) is 0 Å². The van der Waals surface area contributed by atoms with Crippen molar-refractivity contribution in [1.29, 1.82) is 0 Å². The minimum absolute atomic E-state index is 1.33. The molecule has 6 rings (SSSR count). The Bertz CT molecular complexity index is 1230. The highest BCUT2D eigenvalue weighted by molar-refractivity contribution is 8.02. The molecule has 0 unspecified atom stereocenters. The average Bonchev–Trinajstić information content (AvgIpc) is 2.62. The molecule has 0 N–H and O–H groups in total. The molecule has 0 aromatic heterocycles. The van der Waals surface area contributed by atoms with Crippen LogP contribution in [0.5, 0.6) is 0 Å². The topological polar surface area (TPSA) is 0 Å². The van der Waals surface area contributed by atoms with Gasteiger partial charge in [-0.25, -0.2) is 0 Å². The van der Waals surface area contributed by atoms with Crippen molar-refractivity contribution in [3.05, 3.63) is 71.6 Å². The number of hydrogen-bond donors (Lipinski definition) is 0. The van der Waals surface area contributed by atoms with Crippen molar-refractivity contribution < 1.29 is 0 Å². The summed E-state index contributed by atoms with van der Waals surface area (Å²) in [5.41, 5.74) is 1.34. The second-order valence-corrected chi connectivity index (χ2v) is 7.14. The van der Waals surface area contributed by atoms with Gasteiger partial charge in [-0.1, -0.05) is 66.4 Å². The van der Waals surface area contributed by atoms with E-state index in [4.69, 9.17) is 0 Å². The predicted molar refractivity (Wildman–Crippen MR) is 103 cm³/mol. The molecule has 0 radical (unpaired) electrons. The molecule has 1 aliphatic rings. The molecule has 1 heteroatoms. The number of hydrogen-bond acceptors (Lipinski definition) is 1. The molecule has 5 aromatic carbocycles. The number of thioether (sulfide) groups is 1. The van der Waals surface area contributed by atoms with Gasteiger partial charge >= 0.3 is 0 Å². The van der Waals surface area contributed by atoms with E-state index in [2.05, 4.69) is 72.1 Å². The fourth-order valence-corrected chi connectivity index (χ4v) is 4.99. The molecule has 23 heavy (non-hydrogen) atoms. The summed E-state index contributed by atoms with van der Waals surface area (Å²) < 4.78 is 0. The van der Waals surface area contributed by atoms with Crippen LogP contribution in [0.15, 0.2) is 71.0 Å². The van der Waals surface area contributed by atoms with Gasteiger partial charge in [-0.2, -0.15) is 0 Å². The van der Waals surface area contributed by atoms with Crippen LogP contribution in [0.25, 0.3) is 49.2 Å². The minimum atomic E-state index is 1.33. The second kappa shape index (κ2) is 4.06. The second-order valence-electron chi connectivity index (χ2n) is 6.19. The number of benzene rings is 5. The average molecular weight is 308 g/mol. The Labute approximate surface area is 137 Å². The van der Waals surface area contributed by atoms with Crippen molar-refractivity contribution in [3.8, 4) is 0 Å². The maximum atomic E-state index is 2.31. The van der Waals surface area contributed by atoms with Crippen LogP contribution < -0.4 is 0 Å². The predicted octanol–water partition coefficient (Wildman–Crippen LogP) is 6.81. The van der Waals surface area contributed by atoms with Crippen LogP contribution in [0.2, 0.25) is 0 Å². The van der Waals surface area contributed by atoms with Gasteiger partial charge in [-0.05, 0) is 60.8 Å². The van der Waals surface area contributed by atoms with Crippen LogP contribution in [0.4, 0.5) is 0 Å². The Kier molecular flexibility index (Phi) is 2.12. The van der Waals surface area contributed by atoms with Gasteiger partial charge in [-0.3, -0.25) is 0 Å². The van der Waals surface area contributed by atoms with Gasteiger partial charge in [0.15, 0.2) is 0 Å². The van der Waals surface area contributed by atoms with Crippen molar-refractivity contribution in [2.45, 2.75) is 4.90 Å². The van der Waals surface area contributed by atoms with E-state index in [9.17, 15) is 0 Å². The summed E-state index contributed by atoms with van der Waals surface area (Å²) in [5, 5.41) is 13.2. The first-order valence-electron chi connectivity index (χ1n) is 7.87. The van der Waals surface area contributed by atoms with E-state index >= 15 is 0 Å². The Morgan fingerprint density at radius 1 is 0.565 bits per heavy atom. The van der Waals surface area contributed by atoms with Crippen LogP contribution in [0.3, 0.4) is 0 Å². The molecule has 0 fully saturated rings. The van der Waals surface area contributed by atoms with Crippen LogP contribution in [-0.2, 0) is 0 Å². The fourth-order valence-electron chi connectivity index (χ4n) is 4.15. The van der Waals surface area contributed by atoms with Gasteiger partial charge in [-0.15, -0.1) is 0 Å². The van der Waals surface area contributed by atoms with Gasteiger partial charge in [0.05, 0.1) is 0 Å². The summed E-state index contributed by atoms with van der Waals surface area (Å²) >= 11 is 1.83. The molecule has 0 aliphatic carbocycles. The molecule has 0 atom stereocenters. The molecule has 0 spiro atoms. The first-order chi connectivity index (χ1) is 11.4. The zero-order valence-electron chi connectivity index (χ0n) is 12.3. The lowest BCUT2D eigenvalue weighted by Crippen LogP contribution is -1.91. The number of rotatable bonds is 0. The fraction of sp³-hybridized carbons (Fsp3) is 0. The van der Waals surface area contributed by atoms with Crippen LogP contribution >= 0.6 is 11.8 Å². The normalized spacial score (nSPS) is 13.7. The van der Waals surface area contributed by atoms with Crippen LogP contribution in [0.1, 0.15) is 5.56 Å². The van der Waals surface area contributed by atoms with Crippen molar-refractivity contribution in [2.24, 2.45) is 0 Å². The zero-order valence-corrected chi connectivity index (χ0v) is 13.2. The van der Waals surface area contributed by atoms with E-state index in [1.54, 1.807) is 0 Å². The summed E-state index contributed by atoms with van der Waals surface area (Å²) in [6.07, 6.45) is 2.24. The smallest absolute Gasteiger partial charge is 0.0201 e. The van der Waals surface area contributed by atoms with Gasteiger partial charge < -0.3 is 0 Å². The Morgan fingerprint density at radius 3 is 2.04 bits per heavy atom. The first kappa shape index (κ1) is 12.0. The van der Waals surface area contributed by atoms with Gasteiger partial charge in [0.2, 0.25) is 0 Å². The van der Waals surface area contributed by atoms with Gasteiger partial charge in [0.1, 0.15) is 0 Å². The molecule has 0 amide bonds. The first-order valence-corrected chi connectivity index (χ1v) is 8.75. The summed E-state index contributed by atoms with van der Waals surface area (Å²) in [5.74, 6) is 0. The van der Waals surface area contributed by atoms with E-state index < -0.39 is 0 Å². The maximum Gasteiger partial charge on any atom is 0.0201 e. The number of fused-ring (bicyclic) bond motifs is 2. The third kappa shape index (κ3) is 1.39. The lowest BCUT2D eigenvalue weighted by Gasteiger charge is -2.18. The largest absolute Gasteiger partial charge is 0.0974 e. The quantitative estimate of drug-likeness (QED) is 0.223. The summed E-state index contributed by atoms with van der Waals surface area (Å²) in [6, 6.07) is 22.5. The summed E-state index contributed by atoms with van der Waals surface area (Å²) in [6.45, 7) is 0. The van der Waals surface area contributed by atoms with E-state index in [0.717, 1.165) is 0 Å². The molecular formula is C22H12S. The highest BCUT2D eigenvalue weighted by Gasteiger charge is 2.17. The van der Waals surface area contributed by atoms with Crippen LogP contribution in [-0.4, -0.2) is 0 Å². The lowest BCUT2D eigenvalue weighted by molar-refractivity contribution is 1.56. The van der Waals surface area contributed by atoms with Gasteiger partial charge in [0, 0.05) is 10.3 Å². The van der Waals surface area contributed by atoms with E-state index in [0.29, 0.717) is 0 Å². The lowest BCUT2D eigenvalue weighted by atomic mass is 9.88. The van der Waals surface area contributed by atoms with E-state index in [1.165, 1.54) is 53.5 Å². The molecule has 0 nitrogen and oxygen atoms in total. The van der Waals surface area contributed by atoms with Crippen molar-refractivity contribution in [3.63, 3.8) is 0 Å². The molecule has 1 aliphatic heterocycles. The van der Waals surface area contributed by atoms with Crippen molar-refractivity contribution in [1.82, 2.24) is 0 Å². The summed E-state index contributed by atoms with van der Waals surface area (Å²) in [4.78, 5) is 1.37. The monoisotopic (exact) mass is 308 g/mol. The Hall–Kier alpha value is -2.51. The highest BCUT2D eigenvalue weighted by atomic mass is 32.2. The van der Waals surface area contributed by atoms with E-state index in [1.807, 2.05) is 11.8 Å². The molecule has 1 heterocycles. The van der Waals surface area contributed by atoms with Gasteiger partial charge in [0.25, 0.3) is 0 Å². The zero-order chi connectivity index (χ0) is 15.0. The standard InChI is InChI=1S/C22H12S/c1-3-13-4-2-6-16-18-9-10-19-21-14(11-12-23-19)7-8-17(22(18)21)15(5-1)20(13)16/h1-12H. The molecule has 0 saturated carbocycles.